The molecule has 0 aliphatic rings. The van der Waals surface area contributed by atoms with Crippen molar-refractivity contribution in [1.82, 2.24) is 9.97 Å². The molecule has 3 heteroatoms. The highest BCUT2D eigenvalue weighted by atomic mass is 31.1. The van der Waals surface area contributed by atoms with Gasteiger partial charge >= 0.3 is 0 Å². The van der Waals surface area contributed by atoms with E-state index >= 15 is 0 Å². The van der Waals surface area contributed by atoms with Crippen molar-refractivity contribution in [2.24, 2.45) is 0 Å². The van der Waals surface area contributed by atoms with E-state index in [1.165, 1.54) is 5.30 Å². The van der Waals surface area contributed by atoms with E-state index in [0.717, 1.165) is 27.6 Å². The zero-order valence-electron chi connectivity index (χ0n) is 14.0. The molecule has 0 aliphatic carbocycles. The van der Waals surface area contributed by atoms with Gasteiger partial charge in [-0.2, -0.15) is 0 Å². The maximum atomic E-state index is 4.67. The Morgan fingerprint density at radius 2 is 1.04 bits per heavy atom. The van der Waals surface area contributed by atoms with Gasteiger partial charge in [-0.3, -0.25) is 9.97 Å². The van der Waals surface area contributed by atoms with E-state index in [1.54, 1.807) is 12.2 Å². The second-order valence-corrected chi connectivity index (χ2v) is 7.54. The average Bonchev–Trinajstić information content (AvgIpc) is 2.70. The van der Waals surface area contributed by atoms with Crippen LogP contribution in [0.15, 0.2) is 80.7 Å². The first-order valence-corrected chi connectivity index (χ1v) is 9.29. The summed E-state index contributed by atoms with van der Waals surface area (Å²) in [6, 6.07) is 16.6. The molecule has 2 heterocycles. The number of benzene rings is 1. The second kappa shape index (κ2) is 7.83. The van der Waals surface area contributed by atoms with E-state index in [2.05, 4.69) is 66.1 Å². The van der Waals surface area contributed by atoms with Crippen LogP contribution in [0.4, 0.5) is 0 Å². The van der Waals surface area contributed by atoms with E-state index < -0.39 is 7.92 Å². The second-order valence-electron chi connectivity index (χ2n) is 5.44. The SMILES string of the molecule is C=Cc1ccc(P(c2ccc(C=C)cn2)c2ccc(C=C)cn2)cc1. The maximum Gasteiger partial charge on any atom is 0.0737 e. The lowest BCUT2D eigenvalue weighted by atomic mass is 10.2. The monoisotopic (exact) mass is 342 g/mol. The summed E-state index contributed by atoms with van der Waals surface area (Å²) >= 11 is 0. The Hall–Kier alpha value is -2.83. The van der Waals surface area contributed by atoms with Crippen molar-refractivity contribution >= 4 is 42.3 Å². The molecule has 2 aromatic heterocycles. The fourth-order valence-corrected chi connectivity index (χ4v) is 4.45. The van der Waals surface area contributed by atoms with Gasteiger partial charge in [0.05, 0.1) is 10.9 Å². The van der Waals surface area contributed by atoms with Gasteiger partial charge in [0.25, 0.3) is 0 Å². The zero-order chi connectivity index (χ0) is 17.6. The van der Waals surface area contributed by atoms with Gasteiger partial charge in [0.1, 0.15) is 0 Å². The number of nitrogens with zero attached hydrogens (tertiary/aromatic N) is 2. The third-order valence-electron chi connectivity index (χ3n) is 3.86. The summed E-state index contributed by atoms with van der Waals surface area (Å²) in [4.78, 5) is 9.33. The molecule has 0 saturated carbocycles. The molecule has 25 heavy (non-hydrogen) atoms. The molecule has 0 amide bonds. The molecule has 0 fully saturated rings. The van der Waals surface area contributed by atoms with Gasteiger partial charge in [-0.1, -0.05) is 74.4 Å². The van der Waals surface area contributed by atoms with Crippen LogP contribution in [0.25, 0.3) is 18.2 Å². The van der Waals surface area contributed by atoms with Gasteiger partial charge in [0.15, 0.2) is 0 Å². The summed E-state index contributed by atoms with van der Waals surface area (Å²) in [5.74, 6) is 0. The van der Waals surface area contributed by atoms with Crippen LogP contribution < -0.4 is 16.2 Å². The predicted octanol–water partition coefficient (Wildman–Crippen LogP) is 4.16. The summed E-state index contributed by atoms with van der Waals surface area (Å²) in [5.41, 5.74) is 5.16. The number of hydrogen-bond acceptors (Lipinski definition) is 2. The number of aromatic nitrogens is 2. The lowest BCUT2D eigenvalue weighted by Gasteiger charge is -2.17. The Labute approximate surface area is 150 Å². The molecule has 0 radical (unpaired) electrons. The third-order valence-corrected chi connectivity index (χ3v) is 6.12. The molecule has 2 nitrogen and oxygen atoms in total. The molecule has 0 aliphatic heterocycles. The smallest absolute Gasteiger partial charge is 0.0737 e. The fraction of sp³-hybridized carbons (Fsp3) is 0. The summed E-state index contributed by atoms with van der Waals surface area (Å²) in [5, 5.41) is 1.21. The highest BCUT2D eigenvalue weighted by Crippen LogP contribution is 2.31. The van der Waals surface area contributed by atoms with Crippen molar-refractivity contribution < 1.29 is 0 Å². The molecule has 1 aromatic carbocycles. The largest absolute Gasteiger partial charge is 0.255 e. The first-order valence-electron chi connectivity index (χ1n) is 7.95. The average molecular weight is 342 g/mol. The summed E-state index contributed by atoms with van der Waals surface area (Å²) in [7, 11) is -0.823. The highest BCUT2D eigenvalue weighted by molar-refractivity contribution is 7.79. The number of rotatable bonds is 6. The lowest BCUT2D eigenvalue weighted by molar-refractivity contribution is 1.36. The predicted molar refractivity (Wildman–Crippen MR) is 111 cm³/mol. The molecule has 3 aromatic rings. The normalized spacial score (nSPS) is 10.4. The van der Waals surface area contributed by atoms with Crippen LogP contribution >= 0.6 is 7.92 Å². The first kappa shape index (κ1) is 17.0. The Bertz CT molecular complexity index is 756. The number of hydrogen-bond donors (Lipinski definition) is 0. The zero-order valence-corrected chi connectivity index (χ0v) is 14.9. The van der Waals surface area contributed by atoms with Crippen LogP contribution in [0.2, 0.25) is 0 Å². The van der Waals surface area contributed by atoms with E-state index in [9.17, 15) is 0 Å². The highest BCUT2D eigenvalue weighted by Gasteiger charge is 2.19. The summed E-state index contributed by atoms with van der Waals surface area (Å²) in [6.07, 6.45) is 9.16. The van der Waals surface area contributed by atoms with Gasteiger partial charge in [0.2, 0.25) is 0 Å². The van der Waals surface area contributed by atoms with Crippen LogP contribution in [0, 0.1) is 0 Å². The van der Waals surface area contributed by atoms with Gasteiger partial charge < -0.3 is 0 Å². The molecule has 122 valence electrons. The Morgan fingerprint density at radius 1 is 0.600 bits per heavy atom. The molecular weight excluding hydrogens is 323 g/mol. The number of pyridine rings is 2. The van der Waals surface area contributed by atoms with Gasteiger partial charge in [-0.05, 0) is 34.1 Å². The molecule has 0 N–H and O–H groups in total. The molecule has 0 bridgehead atoms. The van der Waals surface area contributed by atoms with Gasteiger partial charge in [0, 0.05) is 20.3 Å². The van der Waals surface area contributed by atoms with Gasteiger partial charge in [-0.25, -0.2) is 0 Å². The Balaban J connectivity index is 2.09. The summed E-state index contributed by atoms with van der Waals surface area (Å²) in [6.45, 7) is 11.4. The molecule has 3 rings (SSSR count). The molecule has 0 atom stereocenters. The van der Waals surface area contributed by atoms with Crippen molar-refractivity contribution in [2.45, 2.75) is 0 Å². The van der Waals surface area contributed by atoms with Crippen LogP contribution in [-0.2, 0) is 0 Å². The fourth-order valence-electron chi connectivity index (χ4n) is 2.44. The standard InChI is InChI=1S/C22H19N2P/c1-4-17-7-11-20(12-8-17)25(21-13-9-18(5-2)15-23-21)22-14-10-19(6-3)16-24-22/h4-16H,1-3H2. The van der Waals surface area contributed by atoms with E-state index in [0.29, 0.717) is 0 Å². The lowest BCUT2D eigenvalue weighted by Crippen LogP contribution is -2.24. The van der Waals surface area contributed by atoms with Crippen molar-refractivity contribution in [3.05, 3.63) is 97.4 Å². The third kappa shape index (κ3) is 3.81. The molecular formula is C22H19N2P. The van der Waals surface area contributed by atoms with Gasteiger partial charge in [-0.15, -0.1) is 0 Å². The quantitative estimate of drug-likeness (QED) is 0.629. The maximum absolute atomic E-state index is 4.67. The van der Waals surface area contributed by atoms with Crippen LogP contribution in [0.1, 0.15) is 16.7 Å². The minimum atomic E-state index is -0.823. The Kier molecular flexibility index (Phi) is 5.33. The van der Waals surface area contributed by atoms with Crippen LogP contribution in [0.3, 0.4) is 0 Å². The molecule has 0 saturated heterocycles. The minimum absolute atomic E-state index is 0.823. The molecule has 0 unspecified atom stereocenters. The van der Waals surface area contributed by atoms with Crippen molar-refractivity contribution in [3.63, 3.8) is 0 Å². The molecule has 0 spiro atoms. The van der Waals surface area contributed by atoms with Crippen LogP contribution in [-0.4, -0.2) is 9.97 Å². The summed E-state index contributed by atoms with van der Waals surface area (Å²) < 4.78 is 0. The van der Waals surface area contributed by atoms with E-state index in [-0.39, 0.29) is 0 Å². The topological polar surface area (TPSA) is 25.8 Å². The van der Waals surface area contributed by atoms with Crippen molar-refractivity contribution in [1.29, 1.82) is 0 Å². The Morgan fingerprint density at radius 3 is 1.40 bits per heavy atom. The van der Waals surface area contributed by atoms with Crippen LogP contribution in [0.5, 0.6) is 0 Å². The minimum Gasteiger partial charge on any atom is -0.255 e. The van der Waals surface area contributed by atoms with Crippen molar-refractivity contribution in [3.8, 4) is 0 Å². The van der Waals surface area contributed by atoms with E-state index in [4.69, 9.17) is 0 Å². The van der Waals surface area contributed by atoms with E-state index in [1.807, 2.05) is 30.6 Å². The van der Waals surface area contributed by atoms with Crippen molar-refractivity contribution in [2.75, 3.05) is 0 Å². The first-order chi connectivity index (χ1) is 12.2.